The van der Waals surface area contributed by atoms with Crippen molar-refractivity contribution in [3.63, 3.8) is 0 Å². The third-order valence-corrected chi connectivity index (χ3v) is 5.52. The second-order valence-corrected chi connectivity index (χ2v) is 7.36. The fourth-order valence-electron chi connectivity index (χ4n) is 3.89. The van der Waals surface area contributed by atoms with E-state index >= 15 is 0 Å². The predicted molar refractivity (Wildman–Crippen MR) is 97.8 cm³/mol. The summed E-state index contributed by atoms with van der Waals surface area (Å²) < 4.78 is 0. The van der Waals surface area contributed by atoms with Crippen LogP contribution in [0.4, 0.5) is 11.4 Å². The smallest absolute Gasteiger partial charge is 0.0629 e. The minimum atomic E-state index is -0.129. The molecule has 0 bridgehead atoms. The van der Waals surface area contributed by atoms with Crippen LogP contribution in [0.5, 0.6) is 0 Å². The molecular weight excluding hydrogens is 296 g/mol. The van der Waals surface area contributed by atoms with Gasteiger partial charge in [-0.25, -0.2) is 0 Å². The van der Waals surface area contributed by atoms with Crippen LogP contribution in [0.3, 0.4) is 0 Å². The van der Waals surface area contributed by atoms with Gasteiger partial charge in [-0.1, -0.05) is 12.1 Å². The van der Waals surface area contributed by atoms with Crippen molar-refractivity contribution in [2.24, 2.45) is 0 Å². The Kier molecular flexibility index (Phi) is 4.28. The van der Waals surface area contributed by atoms with Crippen molar-refractivity contribution in [1.29, 1.82) is 0 Å². The van der Waals surface area contributed by atoms with Crippen LogP contribution in [0.15, 0.2) is 42.7 Å². The first-order chi connectivity index (χ1) is 11.7. The van der Waals surface area contributed by atoms with E-state index in [4.69, 9.17) is 0 Å². The highest BCUT2D eigenvalue weighted by molar-refractivity contribution is 5.66. The highest BCUT2D eigenvalue weighted by atomic mass is 16.3. The lowest BCUT2D eigenvalue weighted by Crippen LogP contribution is -2.36. The second-order valence-electron chi connectivity index (χ2n) is 7.36. The standard InChI is InChI=1S/C21H26N2O/c1-15-12-13-22-14-21(15)23(19-8-10-20(24)11-9-19)18-6-4-17(5-7-18)16-2-3-16/h4-7,12-14,16,19-20,24H,2-3,8-11H2,1H3. The molecule has 0 spiro atoms. The molecule has 2 saturated carbocycles. The Morgan fingerprint density at radius 2 is 1.67 bits per heavy atom. The number of aliphatic hydroxyl groups is 1. The van der Waals surface area contributed by atoms with Crippen LogP contribution < -0.4 is 4.90 Å². The third kappa shape index (κ3) is 3.18. The first-order valence-corrected chi connectivity index (χ1v) is 9.20. The molecule has 0 unspecified atom stereocenters. The minimum Gasteiger partial charge on any atom is -0.393 e. The van der Waals surface area contributed by atoms with Crippen LogP contribution in [0.1, 0.15) is 55.6 Å². The molecule has 1 heterocycles. The molecule has 3 heteroatoms. The van der Waals surface area contributed by atoms with Gasteiger partial charge in [-0.15, -0.1) is 0 Å². The second kappa shape index (κ2) is 6.56. The summed E-state index contributed by atoms with van der Waals surface area (Å²) in [4.78, 5) is 6.82. The molecule has 2 aliphatic carbocycles. The van der Waals surface area contributed by atoms with Gasteiger partial charge in [0.1, 0.15) is 0 Å². The average molecular weight is 322 g/mol. The zero-order valence-corrected chi connectivity index (χ0v) is 14.4. The molecule has 0 amide bonds. The summed E-state index contributed by atoms with van der Waals surface area (Å²) >= 11 is 0. The van der Waals surface area contributed by atoms with E-state index in [1.165, 1.54) is 35.3 Å². The minimum absolute atomic E-state index is 0.129. The molecule has 0 saturated heterocycles. The van der Waals surface area contributed by atoms with Gasteiger partial charge in [0.25, 0.3) is 0 Å². The Bertz CT molecular complexity index is 685. The molecule has 4 rings (SSSR count). The first-order valence-electron chi connectivity index (χ1n) is 9.20. The molecule has 1 N–H and O–H groups in total. The van der Waals surface area contributed by atoms with Crippen molar-refractivity contribution >= 4 is 11.4 Å². The van der Waals surface area contributed by atoms with Crippen LogP contribution in [0.25, 0.3) is 0 Å². The number of anilines is 2. The van der Waals surface area contributed by atoms with Crippen molar-refractivity contribution < 1.29 is 5.11 Å². The van der Waals surface area contributed by atoms with Crippen molar-refractivity contribution in [3.8, 4) is 0 Å². The van der Waals surface area contributed by atoms with E-state index < -0.39 is 0 Å². The van der Waals surface area contributed by atoms with Gasteiger partial charge in [-0.2, -0.15) is 0 Å². The average Bonchev–Trinajstić information content (AvgIpc) is 3.44. The van der Waals surface area contributed by atoms with Crippen molar-refractivity contribution in [2.45, 2.75) is 63.5 Å². The Morgan fingerprint density at radius 3 is 2.29 bits per heavy atom. The molecule has 1 aromatic carbocycles. The number of benzene rings is 1. The lowest BCUT2D eigenvalue weighted by molar-refractivity contribution is 0.123. The van der Waals surface area contributed by atoms with Crippen LogP contribution >= 0.6 is 0 Å². The molecule has 126 valence electrons. The zero-order valence-electron chi connectivity index (χ0n) is 14.4. The van der Waals surface area contributed by atoms with Gasteiger partial charge in [0, 0.05) is 17.9 Å². The van der Waals surface area contributed by atoms with Crippen LogP contribution in [-0.4, -0.2) is 22.2 Å². The lowest BCUT2D eigenvalue weighted by Gasteiger charge is -2.38. The summed E-state index contributed by atoms with van der Waals surface area (Å²) in [6, 6.07) is 11.6. The highest BCUT2D eigenvalue weighted by Crippen LogP contribution is 2.41. The van der Waals surface area contributed by atoms with Gasteiger partial charge in [-0.05, 0) is 80.7 Å². The summed E-state index contributed by atoms with van der Waals surface area (Å²) in [5, 5.41) is 9.88. The van der Waals surface area contributed by atoms with Crippen LogP contribution in [0.2, 0.25) is 0 Å². The largest absolute Gasteiger partial charge is 0.393 e. The van der Waals surface area contributed by atoms with Gasteiger partial charge in [0.15, 0.2) is 0 Å². The number of aliphatic hydroxyl groups excluding tert-OH is 1. The summed E-state index contributed by atoms with van der Waals surface area (Å²) in [5.41, 5.74) is 5.16. The number of aromatic nitrogens is 1. The molecular formula is C21H26N2O. The van der Waals surface area contributed by atoms with E-state index in [2.05, 4.69) is 47.1 Å². The van der Waals surface area contributed by atoms with E-state index in [9.17, 15) is 5.11 Å². The number of pyridine rings is 1. The number of hydrogen-bond donors (Lipinski definition) is 1. The summed E-state index contributed by atoms with van der Waals surface area (Å²) in [5.74, 6) is 0.789. The Balaban J connectivity index is 1.68. The van der Waals surface area contributed by atoms with Gasteiger partial charge in [-0.3, -0.25) is 4.98 Å². The Morgan fingerprint density at radius 1 is 0.958 bits per heavy atom. The van der Waals surface area contributed by atoms with Crippen molar-refractivity contribution in [2.75, 3.05) is 4.90 Å². The van der Waals surface area contributed by atoms with Gasteiger partial charge in [0.2, 0.25) is 0 Å². The molecule has 24 heavy (non-hydrogen) atoms. The number of rotatable bonds is 4. The lowest BCUT2D eigenvalue weighted by atomic mass is 9.91. The van der Waals surface area contributed by atoms with Crippen molar-refractivity contribution in [3.05, 3.63) is 53.9 Å². The van der Waals surface area contributed by atoms with Gasteiger partial charge in [0.05, 0.1) is 18.0 Å². The summed E-state index contributed by atoms with van der Waals surface area (Å²) in [6.07, 6.45) is 10.2. The third-order valence-electron chi connectivity index (χ3n) is 5.52. The van der Waals surface area contributed by atoms with E-state index in [-0.39, 0.29) is 6.10 Å². The monoisotopic (exact) mass is 322 g/mol. The normalized spacial score (nSPS) is 23.9. The fraction of sp³-hybridized carbons (Fsp3) is 0.476. The molecule has 2 aromatic rings. The number of hydrogen-bond acceptors (Lipinski definition) is 3. The maximum absolute atomic E-state index is 9.88. The molecule has 0 radical (unpaired) electrons. The maximum Gasteiger partial charge on any atom is 0.0629 e. The summed E-state index contributed by atoms with van der Waals surface area (Å²) in [7, 11) is 0. The SMILES string of the molecule is Cc1ccncc1N(c1ccc(C2CC2)cc1)C1CCC(O)CC1. The molecule has 3 nitrogen and oxygen atoms in total. The van der Waals surface area contributed by atoms with E-state index in [1.54, 1.807) is 0 Å². The Hall–Kier alpha value is -1.87. The van der Waals surface area contributed by atoms with Gasteiger partial charge >= 0.3 is 0 Å². The quantitative estimate of drug-likeness (QED) is 0.885. The van der Waals surface area contributed by atoms with E-state index in [0.29, 0.717) is 6.04 Å². The van der Waals surface area contributed by atoms with Crippen molar-refractivity contribution in [1.82, 2.24) is 4.98 Å². The first kappa shape index (κ1) is 15.6. The summed E-state index contributed by atoms with van der Waals surface area (Å²) in [6.45, 7) is 2.15. The number of nitrogens with zero attached hydrogens (tertiary/aromatic N) is 2. The zero-order chi connectivity index (χ0) is 16.5. The maximum atomic E-state index is 9.88. The molecule has 2 aliphatic rings. The topological polar surface area (TPSA) is 36.4 Å². The van der Waals surface area contributed by atoms with E-state index in [1.807, 2.05) is 12.4 Å². The van der Waals surface area contributed by atoms with Crippen LogP contribution in [-0.2, 0) is 0 Å². The highest BCUT2D eigenvalue weighted by Gasteiger charge is 2.28. The predicted octanol–water partition coefficient (Wildman–Crippen LogP) is 4.71. The Labute approximate surface area is 144 Å². The van der Waals surface area contributed by atoms with Crippen LogP contribution in [0, 0.1) is 6.92 Å². The molecule has 0 aliphatic heterocycles. The molecule has 1 aromatic heterocycles. The molecule has 0 atom stereocenters. The number of aryl methyl sites for hydroxylation is 1. The molecule has 2 fully saturated rings. The fourth-order valence-corrected chi connectivity index (χ4v) is 3.89. The van der Waals surface area contributed by atoms with Gasteiger partial charge < -0.3 is 10.0 Å². The van der Waals surface area contributed by atoms with E-state index in [0.717, 1.165) is 31.6 Å².